The lowest BCUT2D eigenvalue weighted by atomic mass is 10.1. The Labute approximate surface area is 112 Å². The lowest BCUT2D eigenvalue weighted by molar-refractivity contribution is -0.387. The number of nitro benzene ring substituents is 1. The van der Waals surface area contributed by atoms with Gasteiger partial charge in [0.25, 0.3) is 0 Å². The zero-order valence-electron chi connectivity index (χ0n) is 11.7. The first-order valence-electron chi connectivity index (χ1n) is 6.06. The van der Waals surface area contributed by atoms with Crippen LogP contribution in [0.4, 0.5) is 5.69 Å². The summed E-state index contributed by atoms with van der Waals surface area (Å²) < 4.78 is 10.9. The SMILES string of the molecule is CC(C)Oc1cccc(OCC(C)(C)N)c1[N+](=O)[O-]. The van der Waals surface area contributed by atoms with Crippen LogP contribution in [0, 0.1) is 10.1 Å². The number of nitrogens with two attached hydrogens (primary N) is 1. The Bertz CT molecular complexity index is 452. The van der Waals surface area contributed by atoms with Gasteiger partial charge in [-0.2, -0.15) is 0 Å². The Morgan fingerprint density at radius 2 is 1.95 bits per heavy atom. The second-order valence-corrected chi connectivity index (χ2v) is 5.30. The highest BCUT2D eigenvalue weighted by Gasteiger charge is 2.24. The van der Waals surface area contributed by atoms with Crippen LogP contribution in [0.3, 0.4) is 0 Å². The van der Waals surface area contributed by atoms with Crippen LogP contribution in [0.2, 0.25) is 0 Å². The second-order valence-electron chi connectivity index (χ2n) is 5.30. The zero-order chi connectivity index (χ0) is 14.6. The van der Waals surface area contributed by atoms with Crippen LogP contribution in [0.1, 0.15) is 27.7 Å². The maximum Gasteiger partial charge on any atom is 0.352 e. The largest absolute Gasteiger partial charge is 0.485 e. The van der Waals surface area contributed by atoms with Gasteiger partial charge < -0.3 is 15.2 Å². The van der Waals surface area contributed by atoms with Gasteiger partial charge in [-0.3, -0.25) is 10.1 Å². The summed E-state index contributed by atoms with van der Waals surface area (Å²) in [6.45, 7) is 7.36. The van der Waals surface area contributed by atoms with E-state index in [4.69, 9.17) is 15.2 Å². The number of hydrogen-bond donors (Lipinski definition) is 1. The van der Waals surface area contributed by atoms with E-state index in [0.717, 1.165) is 0 Å². The Kier molecular flexibility index (Phi) is 4.72. The molecule has 1 aromatic carbocycles. The molecule has 0 saturated carbocycles. The van der Waals surface area contributed by atoms with Gasteiger partial charge in [0.2, 0.25) is 11.5 Å². The van der Waals surface area contributed by atoms with Gasteiger partial charge >= 0.3 is 5.69 Å². The normalized spacial score (nSPS) is 11.5. The monoisotopic (exact) mass is 268 g/mol. The van der Waals surface area contributed by atoms with Gasteiger partial charge in [0, 0.05) is 5.54 Å². The van der Waals surface area contributed by atoms with Crippen molar-refractivity contribution < 1.29 is 14.4 Å². The highest BCUT2D eigenvalue weighted by atomic mass is 16.6. The van der Waals surface area contributed by atoms with Crippen LogP contribution < -0.4 is 15.2 Å². The lowest BCUT2D eigenvalue weighted by Crippen LogP contribution is -2.38. The highest BCUT2D eigenvalue weighted by molar-refractivity contribution is 5.57. The van der Waals surface area contributed by atoms with E-state index in [1.165, 1.54) is 6.07 Å². The Hall–Kier alpha value is -1.82. The molecule has 0 heterocycles. The molecule has 0 aliphatic rings. The fraction of sp³-hybridized carbons (Fsp3) is 0.538. The van der Waals surface area contributed by atoms with Crippen LogP contribution in [0.5, 0.6) is 11.5 Å². The van der Waals surface area contributed by atoms with E-state index in [9.17, 15) is 10.1 Å². The van der Waals surface area contributed by atoms with E-state index in [1.807, 2.05) is 0 Å². The third-order valence-electron chi connectivity index (χ3n) is 2.11. The molecule has 0 fully saturated rings. The third kappa shape index (κ3) is 4.75. The van der Waals surface area contributed by atoms with Gasteiger partial charge in [-0.05, 0) is 39.8 Å². The van der Waals surface area contributed by atoms with Crippen LogP contribution in [0.25, 0.3) is 0 Å². The molecule has 0 radical (unpaired) electrons. The first-order chi connectivity index (χ1) is 8.70. The summed E-state index contributed by atoms with van der Waals surface area (Å²) in [5.41, 5.74) is 5.07. The van der Waals surface area contributed by atoms with Gasteiger partial charge in [-0.15, -0.1) is 0 Å². The minimum absolute atomic E-state index is 0.153. The summed E-state index contributed by atoms with van der Waals surface area (Å²) in [6, 6.07) is 4.75. The standard InChI is InChI=1S/C13H20N2O4/c1-9(2)19-11-7-5-6-10(12(11)15(16)17)18-8-13(3,4)14/h5-7,9H,8,14H2,1-4H3. The van der Waals surface area contributed by atoms with E-state index < -0.39 is 10.5 Å². The second kappa shape index (κ2) is 5.88. The molecule has 0 amide bonds. The molecule has 6 nitrogen and oxygen atoms in total. The van der Waals surface area contributed by atoms with Crippen molar-refractivity contribution in [3.63, 3.8) is 0 Å². The molecule has 0 atom stereocenters. The third-order valence-corrected chi connectivity index (χ3v) is 2.11. The summed E-state index contributed by atoms with van der Waals surface area (Å²) in [6.07, 6.45) is -0.153. The molecule has 0 aliphatic carbocycles. The number of ether oxygens (including phenoxy) is 2. The summed E-state index contributed by atoms with van der Waals surface area (Å²) >= 11 is 0. The Balaban J connectivity index is 3.06. The average molecular weight is 268 g/mol. The lowest BCUT2D eigenvalue weighted by Gasteiger charge is -2.19. The summed E-state index contributed by atoms with van der Waals surface area (Å²) in [5, 5.41) is 11.2. The van der Waals surface area contributed by atoms with Crippen molar-refractivity contribution in [2.75, 3.05) is 6.61 Å². The minimum Gasteiger partial charge on any atom is -0.485 e. The average Bonchev–Trinajstić information content (AvgIpc) is 2.24. The molecule has 106 valence electrons. The van der Waals surface area contributed by atoms with Gasteiger partial charge in [-0.1, -0.05) is 6.07 Å². The van der Waals surface area contributed by atoms with E-state index in [1.54, 1.807) is 39.8 Å². The molecule has 0 aromatic heterocycles. The van der Waals surface area contributed by atoms with Crippen molar-refractivity contribution in [2.24, 2.45) is 5.73 Å². The zero-order valence-corrected chi connectivity index (χ0v) is 11.7. The maximum absolute atomic E-state index is 11.2. The molecule has 1 aromatic rings. The molecule has 1 rings (SSSR count). The summed E-state index contributed by atoms with van der Waals surface area (Å²) in [5.74, 6) is 0.369. The topological polar surface area (TPSA) is 87.6 Å². The van der Waals surface area contributed by atoms with E-state index in [2.05, 4.69) is 0 Å². The molecule has 0 bridgehead atoms. The maximum atomic E-state index is 11.2. The molecule has 6 heteroatoms. The fourth-order valence-corrected chi connectivity index (χ4v) is 1.41. The van der Waals surface area contributed by atoms with E-state index in [-0.39, 0.29) is 29.9 Å². The molecule has 0 saturated heterocycles. The number of benzene rings is 1. The van der Waals surface area contributed by atoms with E-state index in [0.29, 0.717) is 0 Å². The fourth-order valence-electron chi connectivity index (χ4n) is 1.41. The molecule has 19 heavy (non-hydrogen) atoms. The van der Waals surface area contributed by atoms with Crippen molar-refractivity contribution in [3.05, 3.63) is 28.3 Å². The first-order valence-corrected chi connectivity index (χ1v) is 6.06. The molecule has 0 unspecified atom stereocenters. The van der Waals surface area contributed by atoms with E-state index >= 15 is 0 Å². The predicted molar refractivity (Wildman–Crippen MR) is 72.6 cm³/mol. The molecule has 0 aliphatic heterocycles. The highest BCUT2D eigenvalue weighted by Crippen LogP contribution is 2.37. The van der Waals surface area contributed by atoms with Crippen molar-refractivity contribution in [2.45, 2.75) is 39.3 Å². The van der Waals surface area contributed by atoms with Crippen LogP contribution in [0.15, 0.2) is 18.2 Å². The van der Waals surface area contributed by atoms with Crippen molar-refractivity contribution in [3.8, 4) is 11.5 Å². The Morgan fingerprint density at radius 1 is 1.37 bits per heavy atom. The quantitative estimate of drug-likeness (QED) is 0.632. The van der Waals surface area contributed by atoms with Crippen LogP contribution in [-0.4, -0.2) is 23.2 Å². The van der Waals surface area contributed by atoms with Crippen LogP contribution in [-0.2, 0) is 0 Å². The summed E-state index contributed by atoms with van der Waals surface area (Å²) in [7, 11) is 0. The number of nitrogens with zero attached hydrogens (tertiary/aromatic N) is 1. The smallest absolute Gasteiger partial charge is 0.352 e. The van der Waals surface area contributed by atoms with Crippen molar-refractivity contribution in [1.29, 1.82) is 0 Å². The van der Waals surface area contributed by atoms with Gasteiger partial charge in [0.05, 0.1) is 11.0 Å². The van der Waals surface area contributed by atoms with Gasteiger partial charge in [0.15, 0.2) is 0 Å². The Morgan fingerprint density at radius 3 is 2.42 bits per heavy atom. The van der Waals surface area contributed by atoms with Crippen LogP contribution >= 0.6 is 0 Å². The predicted octanol–water partition coefficient (Wildman–Crippen LogP) is 2.50. The summed E-state index contributed by atoms with van der Waals surface area (Å²) in [4.78, 5) is 10.7. The van der Waals surface area contributed by atoms with Crippen molar-refractivity contribution in [1.82, 2.24) is 0 Å². The number of nitro groups is 1. The molecule has 2 N–H and O–H groups in total. The van der Waals surface area contributed by atoms with Crippen molar-refractivity contribution >= 4 is 5.69 Å². The van der Waals surface area contributed by atoms with Gasteiger partial charge in [0.1, 0.15) is 6.61 Å². The molecular formula is C13H20N2O4. The number of para-hydroxylation sites is 1. The van der Waals surface area contributed by atoms with Gasteiger partial charge in [-0.25, -0.2) is 0 Å². The minimum atomic E-state index is -0.567. The number of hydrogen-bond acceptors (Lipinski definition) is 5. The molecule has 0 spiro atoms. The first kappa shape index (κ1) is 15.2. The molecular weight excluding hydrogens is 248 g/mol. The number of rotatable bonds is 6.